The van der Waals surface area contributed by atoms with Gasteiger partial charge in [-0.1, -0.05) is 35.7 Å². The molecule has 0 atom stereocenters. The lowest BCUT2D eigenvalue weighted by Crippen LogP contribution is -2.27. The van der Waals surface area contributed by atoms with Crippen LogP contribution in [0.2, 0.25) is 5.02 Å². The molecule has 1 aliphatic rings. The molecule has 0 unspecified atom stereocenters. The third-order valence-corrected chi connectivity index (χ3v) is 5.95. The molecular formula is C22H17BrClNO4S. The van der Waals surface area contributed by atoms with Gasteiger partial charge in [0, 0.05) is 5.02 Å². The first-order chi connectivity index (χ1) is 14.4. The number of benzene rings is 2. The summed E-state index contributed by atoms with van der Waals surface area (Å²) in [6.07, 6.45) is 6.92. The van der Waals surface area contributed by atoms with Crippen LogP contribution in [0.15, 0.2) is 45.8 Å². The van der Waals surface area contributed by atoms with Gasteiger partial charge in [0.2, 0.25) is 0 Å². The number of halogens is 2. The van der Waals surface area contributed by atoms with Gasteiger partial charge in [-0.05, 0) is 70.0 Å². The molecule has 0 bridgehead atoms. The molecule has 0 N–H and O–H groups in total. The Labute approximate surface area is 192 Å². The van der Waals surface area contributed by atoms with Crippen molar-refractivity contribution in [2.24, 2.45) is 0 Å². The molecule has 2 aromatic rings. The molecule has 1 aliphatic heterocycles. The number of terminal acetylenes is 1. The van der Waals surface area contributed by atoms with Gasteiger partial charge in [0.15, 0.2) is 11.5 Å². The van der Waals surface area contributed by atoms with E-state index in [0.717, 1.165) is 11.8 Å². The van der Waals surface area contributed by atoms with Gasteiger partial charge in [-0.3, -0.25) is 14.5 Å². The lowest BCUT2D eigenvalue weighted by atomic mass is 10.1. The molecule has 0 saturated carbocycles. The molecule has 3 rings (SSSR count). The highest BCUT2D eigenvalue weighted by Crippen LogP contribution is 2.39. The Hall–Kier alpha value is -2.40. The van der Waals surface area contributed by atoms with E-state index in [-0.39, 0.29) is 24.3 Å². The molecule has 154 valence electrons. The SMILES string of the molecule is C#CCOc1c(Br)cc(/C=C2\SC(=O)N(Cc3ccccc3Cl)C2=O)cc1OCC. The van der Waals surface area contributed by atoms with Crippen molar-refractivity contribution in [2.75, 3.05) is 13.2 Å². The molecule has 30 heavy (non-hydrogen) atoms. The first kappa shape index (κ1) is 22.3. The smallest absolute Gasteiger partial charge is 0.293 e. The number of rotatable bonds is 7. The van der Waals surface area contributed by atoms with E-state index < -0.39 is 0 Å². The van der Waals surface area contributed by atoms with Crippen LogP contribution in [0, 0.1) is 12.3 Å². The predicted molar refractivity (Wildman–Crippen MR) is 123 cm³/mol. The van der Waals surface area contributed by atoms with Gasteiger partial charge >= 0.3 is 0 Å². The predicted octanol–water partition coefficient (Wildman–Crippen LogP) is 5.75. The molecule has 1 saturated heterocycles. The van der Waals surface area contributed by atoms with Crippen molar-refractivity contribution in [3.05, 3.63) is 61.9 Å². The van der Waals surface area contributed by atoms with Crippen molar-refractivity contribution in [1.82, 2.24) is 4.90 Å². The topological polar surface area (TPSA) is 55.8 Å². The van der Waals surface area contributed by atoms with E-state index >= 15 is 0 Å². The third kappa shape index (κ3) is 5.01. The van der Waals surface area contributed by atoms with E-state index in [2.05, 4.69) is 21.9 Å². The van der Waals surface area contributed by atoms with Gasteiger partial charge in [-0.15, -0.1) is 6.42 Å². The molecule has 0 spiro atoms. The fourth-order valence-corrected chi connectivity index (χ4v) is 4.38. The number of carbonyl (C=O) groups is 2. The highest BCUT2D eigenvalue weighted by Gasteiger charge is 2.35. The molecule has 8 heteroatoms. The van der Waals surface area contributed by atoms with Gasteiger partial charge < -0.3 is 9.47 Å². The first-order valence-electron chi connectivity index (χ1n) is 8.96. The van der Waals surface area contributed by atoms with Gasteiger partial charge in [0.25, 0.3) is 11.1 Å². The molecule has 0 aromatic heterocycles. The highest BCUT2D eigenvalue weighted by atomic mass is 79.9. The summed E-state index contributed by atoms with van der Waals surface area (Å²) in [4.78, 5) is 26.7. The summed E-state index contributed by atoms with van der Waals surface area (Å²) in [7, 11) is 0. The zero-order valence-corrected chi connectivity index (χ0v) is 19.1. The van der Waals surface area contributed by atoms with Crippen LogP contribution in [-0.2, 0) is 11.3 Å². The van der Waals surface area contributed by atoms with Crippen LogP contribution < -0.4 is 9.47 Å². The van der Waals surface area contributed by atoms with Crippen molar-refractivity contribution in [2.45, 2.75) is 13.5 Å². The maximum atomic E-state index is 12.8. The summed E-state index contributed by atoms with van der Waals surface area (Å²) >= 11 is 10.5. The molecule has 0 aliphatic carbocycles. The zero-order chi connectivity index (χ0) is 21.7. The first-order valence-corrected chi connectivity index (χ1v) is 10.9. The van der Waals surface area contributed by atoms with Crippen LogP contribution in [0.25, 0.3) is 6.08 Å². The number of nitrogens with zero attached hydrogens (tertiary/aromatic N) is 1. The average molecular weight is 507 g/mol. The Morgan fingerprint density at radius 2 is 2.03 bits per heavy atom. The van der Waals surface area contributed by atoms with Gasteiger partial charge in [0.05, 0.1) is 22.5 Å². The molecule has 1 fully saturated rings. The maximum Gasteiger partial charge on any atom is 0.293 e. The van der Waals surface area contributed by atoms with Crippen LogP contribution in [0.3, 0.4) is 0 Å². The van der Waals surface area contributed by atoms with E-state index in [0.29, 0.717) is 43.6 Å². The van der Waals surface area contributed by atoms with Crippen molar-refractivity contribution in [3.8, 4) is 23.8 Å². The van der Waals surface area contributed by atoms with Gasteiger partial charge in [-0.25, -0.2) is 0 Å². The zero-order valence-electron chi connectivity index (χ0n) is 16.0. The Bertz CT molecular complexity index is 1060. The van der Waals surface area contributed by atoms with E-state index in [4.69, 9.17) is 27.5 Å². The standard InChI is InChI=1S/C22H17BrClNO4S/c1-3-9-29-20-16(23)10-14(11-18(20)28-4-2)12-19-21(26)25(22(27)30-19)13-15-7-5-6-8-17(15)24/h1,5-8,10-12H,4,9,13H2,2H3/b19-12-. The van der Waals surface area contributed by atoms with Crippen molar-refractivity contribution >= 4 is 56.5 Å². The number of amides is 2. The largest absolute Gasteiger partial charge is 0.490 e. The fraction of sp³-hybridized carbons (Fsp3) is 0.182. The highest BCUT2D eigenvalue weighted by molar-refractivity contribution is 9.10. The summed E-state index contributed by atoms with van der Waals surface area (Å²) in [5.74, 6) is 3.02. The molecule has 2 amide bonds. The van der Waals surface area contributed by atoms with E-state index in [1.807, 2.05) is 13.0 Å². The summed E-state index contributed by atoms with van der Waals surface area (Å²) in [5.41, 5.74) is 1.39. The summed E-state index contributed by atoms with van der Waals surface area (Å²) in [5, 5.41) is 0.164. The van der Waals surface area contributed by atoms with Crippen LogP contribution in [-0.4, -0.2) is 29.3 Å². The molecule has 2 aromatic carbocycles. The molecule has 5 nitrogen and oxygen atoms in total. The molecule has 1 heterocycles. The van der Waals surface area contributed by atoms with Gasteiger partial charge in [-0.2, -0.15) is 0 Å². The van der Waals surface area contributed by atoms with Gasteiger partial charge in [0.1, 0.15) is 6.61 Å². The van der Waals surface area contributed by atoms with E-state index in [1.165, 1.54) is 4.90 Å². The Kier molecular flexibility index (Phi) is 7.48. The lowest BCUT2D eigenvalue weighted by molar-refractivity contribution is -0.123. The number of carbonyl (C=O) groups excluding carboxylic acids is 2. The monoisotopic (exact) mass is 505 g/mol. The van der Waals surface area contributed by atoms with Crippen LogP contribution in [0.1, 0.15) is 18.1 Å². The van der Waals surface area contributed by atoms with Crippen molar-refractivity contribution < 1.29 is 19.1 Å². The second-order valence-electron chi connectivity index (χ2n) is 6.12. The number of thioether (sulfide) groups is 1. The Morgan fingerprint density at radius 1 is 1.27 bits per heavy atom. The van der Waals surface area contributed by atoms with Crippen LogP contribution in [0.4, 0.5) is 4.79 Å². The second kappa shape index (κ2) is 10.1. The number of hydrogen-bond acceptors (Lipinski definition) is 5. The Balaban J connectivity index is 1.88. The minimum atomic E-state index is -0.369. The van der Waals surface area contributed by atoms with Crippen molar-refractivity contribution in [1.29, 1.82) is 0 Å². The van der Waals surface area contributed by atoms with E-state index in [9.17, 15) is 9.59 Å². The maximum absolute atomic E-state index is 12.8. The normalized spacial score (nSPS) is 14.9. The van der Waals surface area contributed by atoms with E-state index in [1.54, 1.807) is 36.4 Å². The second-order valence-corrected chi connectivity index (χ2v) is 8.37. The van der Waals surface area contributed by atoms with Crippen molar-refractivity contribution in [3.63, 3.8) is 0 Å². The minimum Gasteiger partial charge on any atom is -0.490 e. The van der Waals surface area contributed by atoms with Crippen LogP contribution >= 0.6 is 39.3 Å². The Morgan fingerprint density at radius 3 is 2.73 bits per heavy atom. The lowest BCUT2D eigenvalue weighted by Gasteiger charge is -2.14. The number of imide groups is 1. The summed E-state index contributed by atoms with van der Waals surface area (Å²) in [6, 6.07) is 10.6. The summed E-state index contributed by atoms with van der Waals surface area (Å²) < 4.78 is 11.8. The average Bonchev–Trinajstić information content (AvgIpc) is 2.96. The summed E-state index contributed by atoms with van der Waals surface area (Å²) in [6.45, 7) is 2.50. The molecule has 0 radical (unpaired) electrons. The fourth-order valence-electron chi connectivity index (χ4n) is 2.77. The third-order valence-electron chi connectivity index (χ3n) is 4.09. The number of hydrogen-bond donors (Lipinski definition) is 0. The van der Waals surface area contributed by atoms with Crippen LogP contribution in [0.5, 0.6) is 11.5 Å². The molecular weight excluding hydrogens is 490 g/mol. The minimum absolute atomic E-state index is 0.0962. The quantitative estimate of drug-likeness (QED) is 0.353. The number of ether oxygens (including phenoxy) is 2.